The number of hydrogen-bond donors (Lipinski definition) is 2. The number of halogens is 3. The molecule has 0 radical (unpaired) electrons. The van der Waals surface area contributed by atoms with E-state index in [4.69, 9.17) is 4.74 Å². The zero-order valence-electron chi connectivity index (χ0n) is 13.2. The highest BCUT2D eigenvalue weighted by molar-refractivity contribution is 5.73. The fourth-order valence-corrected chi connectivity index (χ4v) is 2.47. The van der Waals surface area contributed by atoms with Gasteiger partial charge in [-0.25, -0.2) is 4.79 Å². The predicted octanol–water partition coefficient (Wildman–Crippen LogP) is 2.77. The molecule has 2 N–H and O–H groups in total. The standard InChI is InChI=1S/C16H16F3N3O3/c17-16(18,19)14-6-13(25-22-14)8-21-15(23)20-7-10-1-2-11-3-4-24-9-12(11)5-10/h1-2,5-6H,3-4,7-9H2,(H2,20,21,23). The van der Waals surface area contributed by atoms with Crippen LogP contribution >= 0.6 is 0 Å². The summed E-state index contributed by atoms with van der Waals surface area (Å²) in [5, 5.41) is 7.97. The van der Waals surface area contributed by atoms with E-state index < -0.39 is 17.9 Å². The lowest BCUT2D eigenvalue weighted by atomic mass is 10.0. The van der Waals surface area contributed by atoms with E-state index >= 15 is 0 Å². The quantitative estimate of drug-likeness (QED) is 0.884. The normalized spacial score (nSPS) is 14.0. The average molecular weight is 355 g/mol. The largest absolute Gasteiger partial charge is 0.436 e. The van der Waals surface area contributed by atoms with Crippen LogP contribution < -0.4 is 10.6 Å². The van der Waals surface area contributed by atoms with E-state index in [1.165, 1.54) is 5.56 Å². The lowest BCUT2D eigenvalue weighted by Gasteiger charge is -2.17. The summed E-state index contributed by atoms with van der Waals surface area (Å²) in [4.78, 5) is 11.8. The maximum Gasteiger partial charge on any atom is 0.436 e. The monoisotopic (exact) mass is 355 g/mol. The lowest BCUT2D eigenvalue weighted by Crippen LogP contribution is -2.34. The maximum atomic E-state index is 12.4. The molecule has 2 heterocycles. The van der Waals surface area contributed by atoms with Gasteiger partial charge in [-0.1, -0.05) is 23.4 Å². The summed E-state index contributed by atoms with van der Waals surface area (Å²) in [6, 6.07) is 6.15. The SMILES string of the molecule is O=C(NCc1ccc2c(c1)COCC2)NCc1cc(C(F)(F)F)no1. The Labute approximate surface area is 141 Å². The lowest BCUT2D eigenvalue weighted by molar-refractivity contribution is -0.142. The third-order valence-electron chi connectivity index (χ3n) is 3.77. The minimum absolute atomic E-state index is 0.0756. The van der Waals surface area contributed by atoms with Crippen LogP contribution in [0.3, 0.4) is 0 Å². The van der Waals surface area contributed by atoms with E-state index in [1.54, 1.807) is 0 Å². The van der Waals surface area contributed by atoms with Crippen molar-refractivity contribution < 1.29 is 27.2 Å². The van der Waals surface area contributed by atoms with Gasteiger partial charge in [0.2, 0.25) is 0 Å². The number of ether oxygens (including phenoxy) is 1. The van der Waals surface area contributed by atoms with Crippen molar-refractivity contribution in [3.8, 4) is 0 Å². The Morgan fingerprint density at radius 1 is 1.16 bits per heavy atom. The third kappa shape index (κ3) is 4.50. The summed E-state index contributed by atoms with van der Waals surface area (Å²) in [5.74, 6) is -0.0756. The zero-order valence-corrected chi connectivity index (χ0v) is 13.2. The van der Waals surface area contributed by atoms with E-state index in [0.717, 1.165) is 23.6 Å². The molecule has 0 atom stereocenters. The number of hydrogen-bond acceptors (Lipinski definition) is 4. The molecule has 1 aromatic heterocycles. The molecule has 0 spiro atoms. The molecule has 1 aliphatic rings. The number of nitrogens with one attached hydrogen (secondary N) is 2. The first-order valence-corrected chi connectivity index (χ1v) is 7.65. The van der Waals surface area contributed by atoms with Crippen molar-refractivity contribution in [2.24, 2.45) is 0 Å². The summed E-state index contributed by atoms with van der Waals surface area (Å²) in [6.45, 7) is 1.38. The van der Waals surface area contributed by atoms with Crippen molar-refractivity contribution >= 4 is 6.03 Å². The average Bonchev–Trinajstić information content (AvgIpc) is 3.07. The van der Waals surface area contributed by atoms with Gasteiger partial charge in [0.15, 0.2) is 11.5 Å². The number of fused-ring (bicyclic) bond motifs is 1. The molecular formula is C16H16F3N3O3. The molecule has 1 aliphatic heterocycles. The van der Waals surface area contributed by atoms with Crippen molar-refractivity contribution in [1.82, 2.24) is 15.8 Å². The van der Waals surface area contributed by atoms with Gasteiger partial charge in [-0.15, -0.1) is 0 Å². The van der Waals surface area contributed by atoms with E-state index in [2.05, 4.69) is 20.3 Å². The molecule has 134 valence electrons. The van der Waals surface area contributed by atoms with Gasteiger partial charge in [0.1, 0.15) is 0 Å². The second-order valence-electron chi connectivity index (χ2n) is 5.62. The summed E-state index contributed by atoms with van der Waals surface area (Å²) in [5.41, 5.74) is 2.14. The molecular weight excluding hydrogens is 339 g/mol. The van der Waals surface area contributed by atoms with Gasteiger partial charge in [0.05, 0.1) is 19.8 Å². The zero-order chi connectivity index (χ0) is 17.9. The van der Waals surface area contributed by atoms with Gasteiger partial charge >= 0.3 is 12.2 Å². The number of rotatable bonds is 4. The number of amides is 2. The minimum Gasteiger partial charge on any atom is -0.376 e. The summed E-state index contributed by atoms with van der Waals surface area (Å²) in [6.07, 6.45) is -3.69. The van der Waals surface area contributed by atoms with Crippen LogP contribution in [0, 0.1) is 0 Å². The number of aromatic nitrogens is 1. The Morgan fingerprint density at radius 3 is 2.72 bits per heavy atom. The maximum absolute atomic E-state index is 12.4. The molecule has 2 amide bonds. The molecule has 3 rings (SSSR count). The van der Waals surface area contributed by atoms with Gasteiger partial charge in [0.25, 0.3) is 0 Å². The number of nitrogens with zero attached hydrogens (tertiary/aromatic N) is 1. The van der Waals surface area contributed by atoms with Crippen LogP contribution in [0.5, 0.6) is 0 Å². The van der Waals surface area contributed by atoms with E-state index in [1.807, 2.05) is 18.2 Å². The number of carbonyl (C=O) groups is 1. The third-order valence-corrected chi connectivity index (χ3v) is 3.77. The number of alkyl halides is 3. The molecule has 0 saturated carbocycles. The second-order valence-corrected chi connectivity index (χ2v) is 5.62. The Hall–Kier alpha value is -2.55. The molecule has 1 aromatic carbocycles. The second kappa shape index (κ2) is 7.14. The number of urea groups is 1. The molecule has 0 saturated heterocycles. The van der Waals surface area contributed by atoms with Crippen molar-refractivity contribution in [2.75, 3.05) is 6.61 Å². The Balaban J connectivity index is 1.47. The van der Waals surface area contributed by atoms with Gasteiger partial charge in [-0.05, 0) is 23.1 Å². The molecule has 25 heavy (non-hydrogen) atoms. The molecule has 0 aliphatic carbocycles. The van der Waals surface area contributed by atoms with Crippen LogP contribution in [0.4, 0.5) is 18.0 Å². The highest BCUT2D eigenvalue weighted by atomic mass is 19.4. The fraction of sp³-hybridized carbons (Fsp3) is 0.375. The fourth-order valence-electron chi connectivity index (χ4n) is 2.47. The van der Waals surface area contributed by atoms with Crippen LogP contribution in [0.15, 0.2) is 28.8 Å². The highest BCUT2D eigenvalue weighted by Crippen LogP contribution is 2.28. The van der Waals surface area contributed by atoms with Gasteiger partial charge < -0.3 is 19.9 Å². The number of benzene rings is 1. The Morgan fingerprint density at radius 2 is 1.96 bits per heavy atom. The van der Waals surface area contributed by atoms with Gasteiger partial charge in [-0.3, -0.25) is 0 Å². The first-order chi connectivity index (χ1) is 11.9. The summed E-state index contributed by atoms with van der Waals surface area (Å²) >= 11 is 0. The smallest absolute Gasteiger partial charge is 0.376 e. The van der Waals surface area contributed by atoms with Gasteiger partial charge in [-0.2, -0.15) is 13.2 Å². The van der Waals surface area contributed by atoms with E-state index in [-0.39, 0.29) is 12.3 Å². The highest BCUT2D eigenvalue weighted by Gasteiger charge is 2.34. The minimum atomic E-state index is -4.57. The topological polar surface area (TPSA) is 76.4 Å². The van der Waals surface area contributed by atoms with Crippen LogP contribution in [0.25, 0.3) is 0 Å². The van der Waals surface area contributed by atoms with Crippen LogP contribution in [0.2, 0.25) is 0 Å². The van der Waals surface area contributed by atoms with Crippen LogP contribution in [-0.4, -0.2) is 17.8 Å². The first kappa shape index (κ1) is 17.3. The van der Waals surface area contributed by atoms with Crippen LogP contribution in [-0.2, 0) is 37.0 Å². The van der Waals surface area contributed by atoms with E-state index in [9.17, 15) is 18.0 Å². The summed E-state index contributed by atoms with van der Waals surface area (Å²) in [7, 11) is 0. The molecule has 2 aromatic rings. The van der Waals surface area contributed by atoms with Crippen LogP contribution in [0.1, 0.15) is 28.1 Å². The van der Waals surface area contributed by atoms with Crippen molar-refractivity contribution in [3.63, 3.8) is 0 Å². The van der Waals surface area contributed by atoms with E-state index in [0.29, 0.717) is 19.8 Å². The van der Waals surface area contributed by atoms with Crippen molar-refractivity contribution in [2.45, 2.75) is 32.3 Å². The predicted molar refractivity (Wildman–Crippen MR) is 80.4 cm³/mol. The first-order valence-electron chi connectivity index (χ1n) is 7.65. The number of carbonyl (C=O) groups excluding carboxylic acids is 1. The molecule has 6 nitrogen and oxygen atoms in total. The van der Waals surface area contributed by atoms with Gasteiger partial charge in [0, 0.05) is 12.6 Å². The molecule has 0 fully saturated rings. The summed E-state index contributed by atoms with van der Waals surface area (Å²) < 4.78 is 47.1. The molecule has 9 heteroatoms. The molecule has 0 unspecified atom stereocenters. The van der Waals surface area contributed by atoms with Crippen molar-refractivity contribution in [3.05, 3.63) is 52.4 Å². The molecule has 0 bridgehead atoms. The van der Waals surface area contributed by atoms with Crippen molar-refractivity contribution in [1.29, 1.82) is 0 Å². The Bertz CT molecular complexity index is 759. The Kier molecular flexibility index (Phi) is 4.93.